The van der Waals surface area contributed by atoms with E-state index in [1.54, 1.807) is 7.05 Å². The van der Waals surface area contributed by atoms with Gasteiger partial charge in [-0.3, -0.25) is 9.98 Å². The van der Waals surface area contributed by atoms with Gasteiger partial charge in [0.05, 0.1) is 18.4 Å². The van der Waals surface area contributed by atoms with E-state index >= 15 is 0 Å². The largest absolute Gasteiger partial charge is 0.356 e. The number of nitrogens with zero attached hydrogens (tertiary/aromatic N) is 4. The monoisotopic (exact) mass is 490 g/mol. The number of nitrogens with one attached hydrogen (secondary N) is 2. The summed E-state index contributed by atoms with van der Waals surface area (Å²) in [5, 5.41) is 3.42. The first kappa shape index (κ1) is 21.9. The molecule has 7 heteroatoms. The number of H-pyrrole nitrogens is 1. The molecule has 0 saturated heterocycles. The molecule has 0 unspecified atom stereocenters. The predicted octanol–water partition coefficient (Wildman–Crippen LogP) is 3.65. The summed E-state index contributed by atoms with van der Waals surface area (Å²) in [6.07, 6.45) is 6.54. The fraction of sp³-hybridized carbons (Fsp3) is 0.286. The number of hydrogen-bond donors (Lipinski definition) is 2. The Morgan fingerprint density at radius 2 is 1.96 bits per heavy atom. The Morgan fingerprint density at radius 3 is 2.68 bits per heavy atom. The van der Waals surface area contributed by atoms with Crippen molar-refractivity contribution in [1.29, 1.82) is 0 Å². The summed E-state index contributed by atoms with van der Waals surface area (Å²) in [5.41, 5.74) is 4.67. The van der Waals surface area contributed by atoms with E-state index in [0.29, 0.717) is 6.54 Å². The number of guanidine groups is 1. The van der Waals surface area contributed by atoms with Crippen LogP contribution in [0.25, 0.3) is 11.3 Å². The summed E-state index contributed by atoms with van der Waals surface area (Å²) in [7, 11) is 3.81. The van der Waals surface area contributed by atoms with Crippen molar-refractivity contribution in [2.45, 2.75) is 19.9 Å². The van der Waals surface area contributed by atoms with Crippen molar-refractivity contribution in [2.75, 3.05) is 20.6 Å². The van der Waals surface area contributed by atoms with Gasteiger partial charge in [0.15, 0.2) is 5.96 Å². The summed E-state index contributed by atoms with van der Waals surface area (Å²) in [6, 6.07) is 12.3. The van der Waals surface area contributed by atoms with Crippen molar-refractivity contribution in [3.63, 3.8) is 0 Å². The highest BCUT2D eigenvalue weighted by Gasteiger charge is 2.10. The zero-order chi connectivity index (χ0) is 19.1. The summed E-state index contributed by atoms with van der Waals surface area (Å²) in [4.78, 5) is 18.5. The number of benzene rings is 1. The highest BCUT2D eigenvalue weighted by Crippen LogP contribution is 2.16. The van der Waals surface area contributed by atoms with Crippen LogP contribution >= 0.6 is 24.0 Å². The average Bonchev–Trinajstić information content (AvgIpc) is 3.15. The minimum Gasteiger partial charge on any atom is -0.356 e. The molecule has 2 N–H and O–H groups in total. The Labute approximate surface area is 183 Å². The van der Waals surface area contributed by atoms with Crippen LogP contribution in [-0.4, -0.2) is 46.5 Å². The van der Waals surface area contributed by atoms with Gasteiger partial charge in [0.25, 0.3) is 0 Å². The van der Waals surface area contributed by atoms with Gasteiger partial charge in [-0.1, -0.05) is 30.3 Å². The van der Waals surface area contributed by atoms with Crippen molar-refractivity contribution in [3.05, 3.63) is 71.9 Å². The molecule has 2 heterocycles. The van der Waals surface area contributed by atoms with Crippen LogP contribution < -0.4 is 5.32 Å². The molecule has 1 aromatic carbocycles. The van der Waals surface area contributed by atoms with Gasteiger partial charge in [0.1, 0.15) is 5.82 Å². The van der Waals surface area contributed by atoms with E-state index in [-0.39, 0.29) is 24.0 Å². The number of pyridine rings is 1. The molecule has 0 aliphatic rings. The van der Waals surface area contributed by atoms with Crippen LogP contribution in [0.3, 0.4) is 0 Å². The first-order chi connectivity index (χ1) is 13.2. The van der Waals surface area contributed by atoms with Crippen LogP contribution in [0.15, 0.2) is 60.0 Å². The van der Waals surface area contributed by atoms with E-state index in [1.165, 1.54) is 11.1 Å². The number of aryl methyl sites for hydroxylation is 1. The molecule has 0 atom stereocenters. The highest BCUT2D eigenvalue weighted by atomic mass is 127. The second-order valence-corrected chi connectivity index (χ2v) is 6.49. The molecule has 0 aliphatic carbocycles. The molecule has 0 fully saturated rings. The van der Waals surface area contributed by atoms with Gasteiger partial charge < -0.3 is 15.2 Å². The molecule has 0 spiro atoms. The molecule has 148 valence electrons. The molecular formula is C21H27IN6. The third kappa shape index (κ3) is 5.79. The predicted molar refractivity (Wildman–Crippen MR) is 125 cm³/mol. The molecule has 28 heavy (non-hydrogen) atoms. The normalized spacial score (nSPS) is 11.0. The molecule has 0 aliphatic heterocycles. The van der Waals surface area contributed by atoms with Gasteiger partial charge in [-0.25, -0.2) is 4.98 Å². The lowest BCUT2D eigenvalue weighted by Gasteiger charge is -2.21. The standard InChI is InChI=1S/C21H26N6.HI/c1-16-13-23-11-9-17(16)10-12-24-21(22-2)27(3)15-20-25-14-19(26-20)18-7-5-4-6-8-18;/h4-9,11,13-14H,10,12,15H2,1-3H3,(H,22,24)(H,25,26);1H. The lowest BCUT2D eigenvalue weighted by atomic mass is 10.1. The molecule has 0 amide bonds. The van der Waals surface area contributed by atoms with Gasteiger partial charge >= 0.3 is 0 Å². The fourth-order valence-electron chi connectivity index (χ4n) is 2.98. The minimum atomic E-state index is 0. The molecule has 0 saturated carbocycles. The Morgan fingerprint density at radius 1 is 1.18 bits per heavy atom. The van der Waals surface area contributed by atoms with Crippen LogP contribution in [0.1, 0.15) is 17.0 Å². The van der Waals surface area contributed by atoms with Crippen molar-refractivity contribution in [1.82, 2.24) is 25.2 Å². The van der Waals surface area contributed by atoms with Crippen molar-refractivity contribution < 1.29 is 0 Å². The lowest BCUT2D eigenvalue weighted by molar-refractivity contribution is 0.464. The number of hydrogen-bond acceptors (Lipinski definition) is 3. The van der Waals surface area contributed by atoms with Crippen LogP contribution in [0, 0.1) is 6.92 Å². The smallest absolute Gasteiger partial charge is 0.193 e. The minimum absolute atomic E-state index is 0. The Kier molecular flexibility index (Phi) is 8.43. The highest BCUT2D eigenvalue weighted by molar-refractivity contribution is 14.0. The Hall–Kier alpha value is -2.42. The summed E-state index contributed by atoms with van der Waals surface area (Å²) >= 11 is 0. The number of aliphatic imine (C=N–C) groups is 1. The number of rotatable bonds is 6. The van der Waals surface area contributed by atoms with E-state index < -0.39 is 0 Å². The molecule has 0 radical (unpaired) electrons. The van der Waals surface area contributed by atoms with Gasteiger partial charge in [-0.2, -0.15) is 0 Å². The fourth-order valence-corrected chi connectivity index (χ4v) is 2.98. The molecule has 3 aromatic rings. The second-order valence-electron chi connectivity index (χ2n) is 6.49. The zero-order valence-corrected chi connectivity index (χ0v) is 18.8. The zero-order valence-electron chi connectivity index (χ0n) is 16.5. The van der Waals surface area contributed by atoms with Gasteiger partial charge in [-0.15, -0.1) is 24.0 Å². The third-order valence-electron chi connectivity index (χ3n) is 4.49. The Bertz CT molecular complexity index is 891. The quantitative estimate of drug-likeness (QED) is 0.315. The van der Waals surface area contributed by atoms with E-state index in [4.69, 9.17) is 0 Å². The maximum atomic E-state index is 4.50. The summed E-state index contributed by atoms with van der Waals surface area (Å²) < 4.78 is 0. The molecular weight excluding hydrogens is 463 g/mol. The van der Waals surface area contributed by atoms with Gasteiger partial charge in [0.2, 0.25) is 0 Å². The van der Waals surface area contributed by atoms with E-state index in [1.807, 2.05) is 43.8 Å². The Balaban J connectivity index is 0.00000280. The van der Waals surface area contributed by atoms with Crippen LogP contribution in [0.4, 0.5) is 0 Å². The van der Waals surface area contributed by atoms with E-state index in [2.05, 4.69) is 55.3 Å². The van der Waals surface area contributed by atoms with Crippen molar-refractivity contribution in [2.24, 2.45) is 4.99 Å². The van der Waals surface area contributed by atoms with Gasteiger partial charge in [0, 0.05) is 33.0 Å². The van der Waals surface area contributed by atoms with E-state index in [0.717, 1.165) is 36.0 Å². The maximum Gasteiger partial charge on any atom is 0.193 e. The van der Waals surface area contributed by atoms with E-state index in [9.17, 15) is 0 Å². The maximum absolute atomic E-state index is 4.50. The number of halogens is 1. The summed E-state index contributed by atoms with van der Waals surface area (Å²) in [6.45, 7) is 3.56. The summed E-state index contributed by atoms with van der Waals surface area (Å²) in [5.74, 6) is 1.75. The average molecular weight is 490 g/mol. The third-order valence-corrected chi connectivity index (χ3v) is 4.49. The van der Waals surface area contributed by atoms with Crippen molar-refractivity contribution >= 4 is 29.9 Å². The topological polar surface area (TPSA) is 69.2 Å². The van der Waals surface area contributed by atoms with Crippen LogP contribution in [-0.2, 0) is 13.0 Å². The first-order valence-electron chi connectivity index (χ1n) is 9.08. The number of aromatic nitrogens is 3. The van der Waals surface area contributed by atoms with Crippen LogP contribution in [0.2, 0.25) is 0 Å². The number of aromatic amines is 1. The molecule has 3 rings (SSSR count). The second kappa shape index (κ2) is 10.8. The lowest BCUT2D eigenvalue weighted by Crippen LogP contribution is -2.39. The number of imidazole rings is 1. The van der Waals surface area contributed by atoms with Gasteiger partial charge in [-0.05, 0) is 36.1 Å². The SMILES string of the molecule is CN=C(NCCc1ccncc1C)N(C)Cc1ncc(-c2ccccc2)[nH]1.I. The molecule has 6 nitrogen and oxygen atoms in total. The van der Waals surface area contributed by atoms with Crippen LogP contribution in [0.5, 0.6) is 0 Å². The molecule has 2 aromatic heterocycles. The van der Waals surface area contributed by atoms with Crippen molar-refractivity contribution in [3.8, 4) is 11.3 Å². The first-order valence-corrected chi connectivity index (χ1v) is 9.08. The molecule has 0 bridgehead atoms.